The molecule has 0 fully saturated rings. The summed E-state index contributed by atoms with van der Waals surface area (Å²) in [6.45, 7) is 0.648. The van der Waals surface area contributed by atoms with Crippen molar-refractivity contribution in [1.29, 1.82) is 0 Å². The highest BCUT2D eigenvalue weighted by atomic mass is 15.2. The Morgan fingerprint density at radius 3 is 1.81 bits per heavy atom. The van der Waals surface area contributed by atoms with Crippen molar-refractivity contribution in [2.45, 2.75) is 18.9 Å². The molecule has 0 aliphatic heterocycles. The van der Waals surface area contributed by atoms with Gasteiger partial charge in [-0.1, -0.05) is 194 Å². The van der Waals surface area contributed by atoms with E-state index in [1.54, 1.807) is 0 Å². The van der Waals surface area contributed by atoms with Gasteiger partial charge in [0.2, 0.25) is 0 Å². The van der Waals surface area contributed by atoms with Crippen molar-refractivity contribution in [2.75, 3.05) is 0 Å². The van der Waals surface area contributed by atoms with Gasteiger partial charge in [0, 0.05) is 6.54 Å². The van der Waals surface area contributed by atoms with Crippen molar-refractivity contribution in [2.24, 2.45) is 5.73 Å². The fourth-order valence-corrected chi connectivity index (χ4v) is 8.71. The predicted octanol–water partition coefficient (Wildman–Crippen LogP) is 13.3. The molecule has 4 N–H and O–H groups in total. The number of nitrogens with one attached hydrogen (secondary N) is 2. The molecule has 3 nitrogen and oxygen atoms in total. The van der Waals surface area contributed by atoms with Gasteiger partial charge in [-0.3, -0.25) is 10.6 Å². The van der Waals surface area contributed by atoms with Crippen LogP contribution < -0.4 is 16.4 Å². The summed E-state index contributed by atoms with van der Waals surface area (Å²) in [6, 6.07) is 76.2. The third-order valence-corrected chi connectivity index (χ3v) is 11.6. The Bertz CT molecular complexity index is 3060. The molecule has 0 saturated heterocycles. The molecule has 0 aromatic heterocycles. The highest BCUT2D eigenvalue weighted by Crippen LogP contribution is 2.40. The SMILES string of the molecule is NC(NC(NCc1ccccc1-c1ccccc1)c1ccc2cc(-c3c4ccccc4cc4c3ccc3ccccc34)ccc2c1)c1ccccc1-c1ccccc1. The van der Waals surface area contributed by atoms with Crippen LogP contribution in [0.3, 0.4) is 0 Å². The lowest BCUT2D eigenvalue weighted by atomic mass is 9.89. The maximum atomic E-state index is 7.13. The molecular formula is C55H43N3. The number of benzene rings is 10. The largest absolute Gasteiger partial charge is 0.312 e. The van der Waals surface area contributed by atoms with Crippen LogP contribution in [0.4, 0.5) is 0 Å². The summed E-state index contributed by atoms with van der Waals surface area (Å²) in [6.07, 6.45) is -0.686. The summed E-state index contributed by atoms with van der Waals surface area (Å²) in [5.74, 6) is 0. The van der Waals surface area contributed by atoms with E-state index in [2.05, 4.69) is 217 Å². The molecule has 3 heteroatoms. The molecule has 2 atom stereocenters. The molecule has 278 valence electrons. The predicted molar refractivity (Wildman–Crippen MR) is 245 cm³/mol. The molecule has 0 saturated carbocycles. The third-order valence-electron chi connectivity index (χ3n) is 11.6. The van der Waals surface area contributed by atoms with E-state index in [9.17, 15) is 0 Å². The molecule has 2 unspecified atom stereocenters. The van der Waals surface area contributed by atoms with Crippen molar-refractivity contribution in [3.63, 3.8) is 0 Å². The normalized spacial score (nSPS) is 12.6. The Morgan fingerprint density at radius 2 is 1.00 bits per heavy atom. The molecule has 10 aromatic carbocycles. The number of hydrogen-bond acceptors (Lipinski definition) is 3. The second-order valence-corrected chi connectivity index (χ2v) is 15.1. The monoisotopic (exact) mass is 745 g/mol. The first-order chi connectivity index (χ1) is 28.7. The van der Waals surface area contributed by atoms with Gasteiger partial charge in [-0.15, -0.1) is 0 Å². The molecule has 58 heavy (non-hydrogen) atoms. The highest BCUT2D eigenvalue weighted by molar-refractivity contribution is 6.20. The molecule has 0 amide bonds. The molecule has 0 spiro atoms. The van der Waals surface area contributed by atoms with Crippen LogP contribution in [0.25, 0.3) is 76.5 Å². The summed E-state index contributed by atoms with van der Waals surface area (Å²) in [5, 5.41) is 17.6. The molecule has 0 bridgehead atoms. The van der Waals surface area contributed by atoms with Gasteiger partial charge in [0.1, 0.15) is 0 Å². The van der Waals surface area contributed by atoms with E-state index in [0.29, 0.717) is 6.54 Å². The minimum atomic E-state index is -0.438. The van der Waals surface area contributed by atoms with Crippen molar-refractivity contribution in [1.82, 2.24) is 10.6 Å². The fourth-order valence-electron chi connectivity index (χ4n) is 8.71. The molecule has 0 heterocycles. The van der Waals surface area contributed by atoms with E-state index in [4.69, 9.17) is 5.73 Å². The minimum Gasteiger partial charge on any atom is -0.312 e. The van der Waals surface area contributed by atoms with Crippen molar-refractivity contribution >= 4 is 43.1 Å². The second kappa shape index (κ2) is 15.6. The van der Waals surface area contributed by atoms with Crippen LogP contribution >= 0.6 is 0 Å². The van der Waals surface area contributed by atoms with Gasteiger partial charge in [-0.2, -0.15) is 0 Å². The molecule has 0 aliphatic carbocycles. The van der Waals surface area contributed by atoms with Gasteiger partial charge < -0.3 is 5.73 Å². The Balaban J connectivity index is 1.04. The highest BCUT2D eigenvalue weighted by Gasteiger charge is 2.20. The van der Waals surface area contributed by atoms with E-state index in [0.717, 1.165) is 22.3 Å². The van der Waals surface area contributed by atoms with E-state index in [-0.39, 0.29) is 6.17 Å². The van der Waals surface area contributed by atoms with E-state index in [1.807, 2.05) is 6.07 Å². The smallest absolute Gasteiger partial charge is 0.0852 e. The lowest BCUT2D eigenvalue weighted by Crippen LogP contribution is -2.40. The van der Waals surface area contributed by atoms with Gasteiger partial charge in [0.05, 0.1) is 12.3 Å². The lowest BCUT2D eigenvalue weighted by Gasteiger charge is -2.27. The van der Waals surface area contributed by atoms with Crippen LogP contribution in [0.5, 0.6) is 0 Å². The van der Waals surface area contributed by atoms with Gasteiger partial charge in [0.25, 0.3) is 0 Å². The number of fused-ring (bicyclic) bond motifs is 5. The van der Waals surface area contributed by atoms with E-state index >= 15 is 0 Å². The topological polar surface area (TPSA) is 50.1 Å². The first-order valence-corrected chi connectivity index (χ1v) is 20.1. The van der Waals surface area contributed by atoms with Gasteiger partial charge >= 0.3 is 0 Å². The standard InChI is InChI=1S/C55H43N3/c56-54(51-26-14-13-23-47(51)38-17-5-2-6-18-38)58-55(57-36-45-21-9-10-22-46(45)37-15-3-1-4-16-37)44-30-28-40-33-43(29-27-41(40)34-44)53-49-25-12-8-20-42(49)35-52-48-24-11-7-19-39(48)31-32-50(52)53/h1-35,54-55,57-58H,36,56H2. The fraction of sp³-hybridized carbons (Fsp3) is 0.0545. The first kappa shape index (κ1) is 35.5. The summed E-state index contributed by atoms with van der Waals surface area (Å²) in [7, 11) is 0. The zero-order valence-corrected chi connectivity index (χ0v) is 32.1. The Hall–Kier alpha value is -6.88. The van der Waals surface area contributed by atoms with Gasteiger partial charge in [-0.05, 0) is 111 Å². The Labute approximate surface area is 339 Å². The summed E-state index contributed by atoms with van der Waals surface area (Å²) >= 11 is 0. The molecule has 0 radical (unpaired) electrons. The van der Waals surface area contributed by atoms with Crippen LogP contribution in [-0.4, -0.2) is 0 Å². The minimum absolute atomic E-state index is 0.248. The third kappa shape index (κ3) is 6.82. The summed E-state index contributed by atoms with van der Waals surface area (Å²) in [4.78, 5) is 0. The van der Waals surface area contributed by atoms with E-state index < -0.39 is 6.17 Å². The Kier molecular flexibility index (Phi) is 9.54. The molecule has 10 aromatic rings. The average Bonchev–Trinajstić information content (AvgIpc) is 3.30. The van der Waals surface area contributed by atoms with E-state index in [1.165, 1.54) is 70.9 Å². The van der Waals surface area contributed by atoms with Crippen LogP contribution in [0.15, 0.2) is 212 Å². The van der Waals surface area contributed by atoms with Gasteiger partial charge in [-0.25, -0.2) is 0 Å². The summed E-state index contributed by atoms with van der Waals surface area (Å²) in [5.41, 5.74) is 17.7. The quantitative estimate of drug-likeness (QED) is 0.0742. The van der Waals surface area contributed by atoms with Gasteiger partial charge in [0.15, 0.2) is 0 Å². The Morgan fingerprint density at radius 1 is 0.397 bits per heavy atom. The van der Waals surface area contributed by atoms with Crippen molar-refractivity contribution in [3.8, 4) is 33.4 Å². The van der Waals surface area contributed by atoms with Crippen LogP contribution in [0.1, 0.15) is 29.0 Å². The maximum absolute atomic E-state index is 7.13. The van der Waals surface area contributed by atoms with Crippen LogP contribution in [-0.2, 0) is 6.54 Å². The zero-order chi connectivity index (χ0) is 38.8. The number of rotatable bonds is 10. The number of nitrogens with two attached hydrogens (primary N) is 1. The second-order valence-electron chi connectivity index (χ2n) is 15.1. The first-order valence-electron chi connectivity index (χ1n) is 20.1. The summed E-state index contributed by atoms with van der Waals surface area (Å²) < 4.78 is 0. The molecule has 0 aliphatic rings. The lowest BCUT2D eigenvalue weighted by molar-refractivity contribution is 0.386. The zero-order valence-electron chi connectivity index (χ0n) is 32.1. The average molecular weight is 746 g/mol. The van der Waals surface area contributed by atoms with Crippen LogP contribution in [0, 0.1) is 0 Å². The maximum Gasteiger partial charge on any atom is 0.0852 e. The number of hydrogen-bond donors (Lipinski definition) is 3. The van der Waals surface area contributed by atoms with Crippen LogP contribution in [0.2, 0.25) is 0 Å². The molecular weight excluding hydrogens is 703 g/mol. The van der Waals surface area contributed by atoms with Crippen molar-refractivity contribution in [3.05, 3.63) is 229 Å². The van der Waals surface area contributed by atoms with Crippen molar-refractivity contribution < 1.29 is 0 Å². The molecule has 10 rings (SSSR count).